The lowest BCUT2D eigenvalue weighted by molar-refractivity contribution is -0.161. The molecule has 0 bridgehead atoms. The molecule has 10 heteroatoms. The maximum absolute atomic E-state index is 12.3. The smallest absolute Gasteiger partial charge is 0.462 e. The second-order valence-corrected chi connectivity index (χ2v) is 14.0. The molecule has 0 radical (unpaired) electrons. The first kappa shape index (κ1) is 40.8. The van der Waals surface area contributed by atoms with Crippen LogP contribution in [0.25, 0.3) is 0 Å². The number of phosphoric ester groups is 1. The van der Waals surface area contributed by atoms with Crippen molar-refractivity contribution in [3.05, 3.63) is 12.2 Å². The number of hydrogen-bond donors (Lipinski definition) is 2. The molecule has 0 spiro atoms. The van der Waals surface area contributed by atoms with Crippen LogP contribution in [0.15, 0.2) is 12.2 Å². The highest BCUT2D eigenvalue weighted by Gasteiger charge is 2.36. The Morgan fingerprint density at radius 2 is 1.39 bits per heavy atom. The normalized spacial score (nSPS) is 17.3. The Labute approximate surface area is 267 Å². The average Bonchev–Trinajstić information content (AvgIpc) is 3.71. The molecule has 0 aromatic heterocycles. The molecule has 0 aliphatic carbocycles. The van der Waals surface area contributed by atoms with Crippen LogP contribution in [0.2, 0.25) is 0 Å². The van der Waals surface area contributed by atoms with Gasteiger partial charge in [0.05, 0.1) is 18.8 Å². The summed E-state index contributed by atoms with van der Waals surface area (Å²) in [6, 6.07) is 0. The topological polar surface area (TPSA) is 132 Å². The molecule has 0 saturated carbocycles. The Bertz CT molecular complexity index is 811. The summed E-state index contributed by atoms with van der Waals surface area (Å²) in [5.74, 6) is -0.159. The van der Waals surface area contributed by atoms with Crippen LogP contribution in [0, 0.1) is 5.92 Å². The third-order valence-corrected chi connectivity index (χ3v) is 8.37. The van der Waals surface area contributed by atoms with Crippen LogP contribution in [0.5, 0.6) is 0 Å². The summed E-state index contributed by atoms with van der Waals surface area (Å²) >= 11 is 0. The molecule has 1 rings (SSSR count). The first-order valence-electron chi connectivity index (χ1n) is 17.5. The van der Waals surface area contributed by atoms with Crippen molar-refractivity contribution in [2.45, 2.75) is 174 Å². The van der Waals surface area contributed by atoms with Gasteiger partial charge in [0.2, 0.25) is 0 Å². The van der Waals surface area contributed by atoms with Crippen molar-refractivity contribution in [3.8, 4) is 0 Å². The van der Waals surface area contributed by atoms with Gasteiger partial charge in [-0.1, -0.05) is 116 Å². The Morgan fingerprint density at radius 1 is 0.773 bits per heavy atom. The number of rotatable bonds is 30. The molecule has 0 aromatic carbocycles. The summed E-state index contributed by atoms with van der Waals surface area (Å²) in [4.78, 5) is 42.5. The summed E-state index contributed by atoms with van der Waals surface area (Å²) in [7, 11) is -4.75. The maximum atomic E-state index is 12.3. The minimum atomic E-state index is -4.75. The zero-order valence-electron chi connectivity index (χ0n) is 27.9. The predicted molar refractivity (Wildman–Crippen MR) is 174 cm³/mol. The highest BCUT2D eigenvalue weighted by molar-refractivity contribution is 7.46. The van der Waals surface area contributed by atoms with Gasteiger partial charge in [-0.05, 0) is 44.4 Å². The average molecular weight is 647 g/mol. The Morgan fingerprint density at radius 3 is 2.02 bits per heavy atom. The van der Waals surface area contributed by atoms with Crippen molar-refractivity contribution in [1.82, 2.24) is 0 Å². The maximum Gasteiger partial charge on any atom is 0.469 e. The van der Waals surface area contributed by atoms with E-state index in [0.29, 0.717) is 25.0 Å². The van der Waals surface area contributed by atoms with E-state index < -0.39 is 32.5 Å². The number of unbranched alkanes of at least 4 members (excludes halogenated alkanes) is 13. The van der Waals surface area contributed by atoms with Gasteiger partial charge < -0.3 is 24.0 Å². The fraction of sp³-hybridized carbons (Fsp3) is 0.882. The van der Waals surface area contributed by atoms with E-state index in [4.69, 9.17) is 24.0 Å². The van der Waals surface area contributed by atoms with Crippen LogP contribution in [-0.2, 0) is 32.9 Å². The lowest BCUT2D eigenvalue weighted by atomic mass is 10.0. The van der Waals surface area contributed by atoms with Crippen molar-refractivity contribution < 1.29 is 42.7 Å². The number of hydrogen-bond acceptors (Lipinski definition) is 7. The van der Waals surface area contributed by atoms with Gasteiger partial charge in [-0.2, -0.15) is 0 Å². The van der Waals surface area contributed by atoms with Crippen molar-refractivity contribution in [2.24, 2.45) is 5.92 Å². The van der Waals surface area contributed by atoms with Gasteiger partial charge >= 0.3 is 19.8 Å². The van der Waals surface area contributed by atoms with Crippen LogP contribution in [0.3, 0.4) is 0 Å². The third-order valence-electron chi connectivity index (χ3n) is 7.89. The minimum absolute atomic E-state index is 0.206. The SMILES string of the molecule is CCCCCC1OC1C/C=C\CCCCCCCC(=O)OC[C@H](COP(=O)(O)O)OC(=O)CCCCCCCCCC(C)C. The summed E-state index contributed by atoms with van der Waals surface area (Å²) in [5.41, 5.74) is 0. The molecule has 1 fully saturated rings. The third kappa shape index (κ3) is 26.0. The van der Waals surface area contributed by atoms with Crippen LogP contribution >= 0.6 is 7.82 Å². The van der Waals surface area contributed by atoms with Gasteiger partial charge in [0.1, 0.15) is 6.61 Å². The molecule has 1 aliphatic heterocycles. The number of allylic oxidation sites excluding steroid dienone is 1. The van der Waals surface area contributed by atoms with Gasteiger partial charge in [-0.25, -0.2) is 4.57 Å². The van der Waals surface area contributed by atoms with Crippen LogP contribution in [-0.4, -0.2) is 53.3 Å². The van der Waals surface area contributed by atoms with Gasteiger partial charge in [-0.3, -0.25) is 14.1 Å². The standard InChI is InChI=1S/C34H63O9P/c1-4-5-17-23-31-32(43-31)24-19-14-10-6-7-11-15-20-25-33(35)40-27-30(28-41-44(37,38)39)42-34(36)26-21-16-12-8-9-13-18-22-29(2)3/h14,19,29-32H,4-13,15-18,20-28H2,1-3H3,(H2,37,38,39)/b19-14-/t30-,31?,32?/m1/s1. The Balaban J connectivity index is 2.10. The summed E-state index contributed by atoms with van der Waals surface area (Å²) in [6.07, 6.45) is 25.6. The molecule has 0 aromatic rings. The van der Waals surface area contributed by atoms with Crippen molar-refractivity contribution in [2.75, 3.05) is 13.2 Å². The number of phosphoric acid groups is 1. The minimum Gasteiger partial charge on any atom is -0.462 e. The van der Waals surface area contributed by atoms with E-state index in [2.05, 4.69) is 37.4 Å². The van der Waals surface area contributed by atoms with Gasteiger partial charge in [0.25, 0.3) is 0 Å². The van der Waals surface area contributed by atoms with Gasteiger partial charge in [0, 0.05) is 12.8 Å². The molecule has 1 aliphatic rings. The summed E-state index contributed by atoms with van der Waals surface area (Å²) in [6.45, 7) is 5.87. The van der Waals surface area contributed by atoms with Gasteiger partial charge in [-0.15, -0.1) is 0 Å². The predicted octanol–water partition coefficient (Wildman–Crippen LogP) is 8.74. The first-order chi connectivity index (χ1) is 21.1. The number of ether oxygens (including phenoxy) is 3. The molecule has 3 atom stereocenters. The number of carbonyl (C=O) groups excluding carboxylic acids is 2. The zero-order valence-corrected chi connectivity index (χ0v) is 28.8. The van der Waals surface area contributed by atoms with Crippen LogP contribution < -0.4 is 0 Å². The molecule has 2 unspecified atom stereocenters. The fourth-order valence-corrected chi connectivity index (χ4v) is 5.51. The lowest BCUT2D eigenvalue weighted by Crippen LogP contribution is -2.29. The molecule has 2 N–H and O–H groups in total. The number of carbonyl (C=O) groups is 2. The quantitative estimate of drug-likeness (QED) is 0.0258. The Hall–Kier alpha value is -1.25. The van der Waals surface area contributed by atoms with E-state index in [-0.39, 0.29) is 19.4 Å². The number of epoxide rings is 1. The van der Waals surface area contributed by atoms with E-state index in [1.165, 1.54) is 51.4 Å². The molecule has 1 heterocycles. The van der Waals surface area contributed by atoms with E-state index >= 15 is 0 Å². The first-order valence-corrected chi connectivity index (χ1v) is 19.0. The van der Waals surface area contributed by atoms with Crippen LogP contribution in [0.4, 0.5) is 0 Å². The highest BCUT2D eigenvalue weighted by atomic mass is 31.2. The molecule has 258 valence electrons. The van der Waals surface area contributed by atoms with E-state index in [0.717, 1.165) is 63.7 Å². The monoisotopic (exact) mass is 646 g/mol. The molecular weight excluding hydrogens is 583 g/mol. The highest BCUT2D eigenvalue weighted by Crippen LogP contribution is 2.36. The molecule has 44 heavy (non-hydrogen) atoms. The lowest BCUT2D eigenvalue weighted by Gasteiger charge is -2.18. The van der Waals surface area contributed by atoms with Crippen LogP contribution in [0.1, 0.15) is 156 Å². The molecule has 1 saturated heterocycles. The molecular formula is C34H63O9P. The molecule has 0 amide bonds. The second kappa shape index (κ2) is 25.9. The second-order valence-electron chi connectivity index (χ2n) is 12.7. The van der Waals surface area contributed by atoms with Crippen molar-refractivity contribution in [3.63, 3.8) is 0 Å². The van der Waals surface area contributed by atoms with Crippen molar-refractivity contribution >= 4 is 19.8 Å². The van der Waals surface area contributed by atoms with E-state index in [1.54, 1.807) is 0 Å². The Kier molecular flexibility index (Phi) is 24.0. The number of esters is 2. The summed E-state index contributed by atoms with van der Waals surface area (Å²) < 4.78 is 31.9. The summed E-state index contributed by atoms with van der Waals surface area (Å²) in [5, 5.41) is 0. The molecule has 9 nitrogen and oxygen atoms in total. The van der Waals surface area contributed by atoms with E-state index in [9.17, 15) is 14.2 Å². The largest absolute Gasteiger partial charge is 0.469 e. The van der Waals surface area contributed by atoms with E-state index in [1.807, 2.05) is 0 Å². The van der Waals surface area contributed by atoms with Gasteiger partial charge in [0.15, 0.2) is 6.10 Å². The van der Waals surface area contributed by atoms with Crippen molar-refractivity contribution in [1.29, 1.82) is 0 Å². The fourth-order valence-electron chi connectivity index (χ4n) is 5.15. The zero-order chi connectivity index (χ0) is 32.5.